The molecule has 0 aliphatic heterocycles. The van der Waals surface area contributed by atoms with Crippen LogP contribution in [-0.2, 0) is 0 Å². The number of hydrogen-bond acceptors (Lipinski definition) is 1. The van der Waals surface area contributed by atoms with Gasteiger partial charge in [0.1, 0.15) is 0 Å². The van der Waals surface area contributed by atoms with E-state index in [0.717, 1.165) is 30.5 Å². The van der Waals surface area contributed by atoms with Crippen LogP contribution in [0.15, 0.2) is 29.3 Å². The molecule has 0 N–H and O–H groups in total. The third-order valence-corrected chi connectivity index (χ3v) is 2.42. The maximum absolute atomic E-state index is 4.37. The van der Waals surface area contributed by atoms with E-state index in [-0.39, 0.29) is 0 Å². The Hall–Kier alpha value is -1.55. The van der Waals surface area contributed by atoms with Gasteiger partial charge in [0.05, 0.1) is 0 Å². The summed E-state index contributed by atoms with van der Waals surface area (Å²) in [4.78, 5) is 4.37. The fourth-order valence-electron chi connectivity index (χ4n) is 1.44. The molecule has 0 spiro atoms. The molecule has 1 aromatic rings. The lowest BCUT2D eigenvalue weighted by atomic mass is 10.1. The van der Waals surface area contributed by atoms with Gasteiger partial charge in [-0.2, -0.15) is 0 Å². The lowest BCUT2D eigenvalue weighted by Gasteiger charge is -1.97. The molecule has 0 amide bonds. The summed E-state index contributed by atoms with van der Waals surface area (Å²) in [5, 5.41) is 0. The molecule has 0 fully saturated rings. The maximum atomic E-state index is 4.37. The quantitative estimate of drug-likeness (QED) is 0.409. The normalized spacial score (nSPS) is 10.2. The van der Waals surface area contributed by atoms with Crippen molar-refractivity contribution in [1.82, 2.24) is 0 Å². The van der Waals surface area contributed by atoms with Crippen molar-refractivity contribution in [2.24, 2.45) is 4.99 Å². The summed E-state index contributed by atoms with van der Waals surface area (Å²) in [7, 11) is 0. The summed E-state index contributed by atoms with van der Waals surface area (Å²) in [6.07, 6.45) is 6.39. The standard InChI is InChI=1S/C16H21N/c1-3-5-6-7-10-15-11-8-9-12-16(15)14-17-13-4-2/h8-9,11-12,14H,3-6,13H2,1-2H3. The predicted octanol–water partition coefficient (Wildman–Crippen LogP) is 4.06. The van der Waals surface area contributed by atoms with Crippen molar-refractivity contribution in [3.05, 3.63) is 35.4 Å². The van der Waals surface area contributed by atoms with Crippen molar-refractivity contribution in [2.45, 2.75) is 39.5 Å². The monoisotopic (exact) mass is 227 g/mol. The van der Waals surface area contributed by atoms with Crippen LogP contribution >= 0.6 is 0 Å². The zero-order chi connectivity index (χ0) is 12.3. The Bertz CT molecular complexity index is 407. The highest BCUT2D eigenvalue weighted by atomic mass is 14.7. The van der Waals surface area contributed by atoms with E-state index in [2.05, 4.69) is 42.8 Å². The van der Waals surface area contributed by atoms with Gasteiger partial charge < -0.3 is 0 Å². The number of nitrogens with zero attached hydrogens (tertiary/aromatic N) is 1. The number of aliphatic imine (C=N–C) groups is 1. The lowest BCUT2D eigenvalue weighted by Crippen LogP contribution is -1.88. The molecule has 1 heteroatoms. The summed E-state index contributed by atoms with van der Waals surface area (Å²) in [6.45, 7) is 5.21. The number of unbranched alkanes of at least 4 members (excludes halogenated alkanes) is 2. The summed E-state index contributed by atoms with van der Waals surface area (Å²) >= 11 is 0. The highest BCUT2D eigenvalue weighted by Gasteiger charge is 1.94. The zero-order valence-electron chi connectivity index (χ0n) is 10.9. The van der Waals surface area contributed by atoms with Gasteiger partial charge in [-0.3, -0.25) is 4.99 Å². The van der Waals surface area contributed by atoms with E-state index < -0.39 is 0 Å². The van der Waals surface area contributed by atoms with Gasteiger partial charge in [-0.1, -0.05) is 50.3 Å². The number of benzene rings is 1. The maximum Gasteiger partial charge on any atom is 0.0386 e. The van der Waals surface area contributed by atoms with Gasteiger partial charge in [0.15, 0.2) is 0 Å². The van der Waals surface area contributed by atoms with Crippen LogP contribution in [0.4, 0.5) is 0 Å². The van der Waals surface area contributed by atoms with Gasteiger partial charge in [0.25, 0.3) is 0 Å². The van der Waals surface area contributed by atoms with Crippen LogP contribution in [0.3, 0.4) is 0 Å². The molecule has 1 aromatic carbocycles. The van der Waals surface area contributed by atoms with E-state index in [1.807, 2.05) is 18.3 Å². The largest absolute Gasteiger partial charge is 0.293 e. The third kappa shape index (κ3) is 5.36. The smallest absolute Gasteiger partial charge is 0.0386 e. The van der Waals surface area contributed by atoms with Crippen LogP contribution in [-0.4, -0.2) is 12.8 Å². The highest BCUT2D eigenvalue weighted by Crippen LogP contribution is 2.05. The Morgan fingerprint density at radius 1 is 1.18 bits per heavy atom. The van der Waals surface area contributed by atoms with Crippen LogP contribution < -0.4 is 0 Å². The Morgan fingerprint density at radius 3 is 2.76 bits per heavy atom. The van der Waals surface area contributed by atoms with Gasteiger partial charge in [0.2, 0.25) is 0 Å². The summed E-state index contributed by atoms with van der Waals surface area (Å²) in [6, 6.07) is 8.20. The van der Waals surface area contributed by atoms with Gasteiger partial charge >= 0.3 is 0 Å². The minimum atomic E-state index is 0.887. The first-order chi connectivity index (χ1) is 8.38. The van der Waals surface area contributed by atoms with Crippen molar-refractivity contribution >= 4 is 6.21 Å². The SMILES string of the molecule is CCCCC#Cc1ccccc1C=NCCC. The summed E-state index contributed by atoms with van der Waals surface area (Å²) < 4.78 is 0. The van der Waals surface area contributed by atoms with Gasteiger partial charge in [-0.05, 0) is 18.9 Å². The molecule has 0 heterocycles. The fraction of sp³-hybridized carbons (Fsp3) is 0.438. The van der Waals surface area contributed by atoms with E-state index in [0.29, 0.717) is 0 Å². The highest BCUT2D eigenvalue weighted by molar-refractivity contribution is 5.83. The second-order valence-electron chi connectivity index (χ2n) is 4.03. The molecular weight excluding hydrogens is 206 g/mol. The van der Waals surface area contributed by atoms with Crippen molar-refractivity contribution in [3.8, 4) is 11.8 Å². The molecule has 0 saturated heterocycles. The second kappa shape index (κ2) is 8.58. The van der Waals surface area contributed by atoms with Crippen LogP contribution in [0.5, 0.6) is 0 Å². The van der Waals surface area contributed by atoms with Crippen molar-refractivity contribution < 1.29 is 0 Å². The molecular formula is C16H21N. The first-order valence-corrected chi connectivity index (χ1v) is 6.46. The zero-order valence-corrected chi connectivity index (χ0v) is 10.9. The lowest BCUT2D eigenvalue weighted by molar-refractivity contribution is 0.828. The van der Waals surface area contributed by atoms with E-state index in [9.17, 15) is 0 Å². The molecule has 0 bridgehead atoms. The van der Waals surface area contributed by atoms with Crippen molar-refractivity contribution in [1.29, 1.82) is 0 Å². The first kappa shape index (κ1) is 13.5. The van der Waals surface area contributed by atoms with Crippen molar-refractivity contribution in [3.63, 3.8) is 0 Å². The molecule has 0 aliphatic rings. The predicted molar refractivity (Wildman–Crippen MR) is 75.6 cm³/mol. The average Bonchev–Trinajstić information content (AvgIpc) is 2.36. The molecule has 0 aliphatic carbocycles. The molecule has 0 atom stereocenters. The number of rotatable bonds is 5. The van der Waals surface area contributed by atoms with E-state index in [1.165, 1.54) is 12.8 Å². The molecule has 1 rings (SSSR count). The van der Waals surface area contributed by atoms with E-state index in [4.69, 9.17) is 0 Å². The van der Waals surface area contributed by atoms with Gasteiger partial charge in [0, 0.05) is 30.3 Å². The van der Waals surface area contributed by atoms with Crippen LogP contribution in [0.25, 0.3) is 0 Å². The molecule has 0 saturated carbocycles. The molecule has 0 unspecified atom stereocenters. The second-order valence-corrected chi connectivity index (χ2v) is 4.03. The molecule has 0 radical (unpaired) electrons. The topological polar surface area (TPSA) is 12.4 Å². The van der Waals surface area contributed by atoms with E-state index >= 15 is 0 Å². The van der Waals surface area contributed by atoms with Crippen LogP contribution in [0.1, 0.15) is 50.7 Å². The van der Waals surface area contributed by atoms with Gasteiger partial charge in [-0.15, -0.1) is 0 Å². The first-order valence-electron chi connectivity index (χ1n) is 6.46. The minimum Gasteiger partial charge on any atom is -0.293 e. The molecule has 17 heavy (non-hydrogen) atoms. The fourth-order valence-corrected chi connectivity index (χ4v) is 1.44. The van der Waals surface area contributed by atoms with Crippen LogP contribution in [0.2, 0.25) is 0 Å². The molecule has 0 aromatic heterocycles. The Morgan fingerprint density at radius 2 is 2.00 bits per heavy atom. The minimum absolute atomic E-state index is 0.887. The third-order valence-electron chi connectivity index (χ3n) is 2.42. The molecule has 1 nitrogen and oxygen atoms in total. The van der Waals surface area contributed by atoms with Crippen LogP contribution in [0, 0.1) is 11.8 Å². The average molecular weight is 227 g/mol. The van der Waals surface area contributed by atoms with E-state index in [1.54, 1.807) is 0 Å². The van der Waals surface area contributed by atoms with Crippen molar-refractivity contribution in [2.75, 3.05) is 6.54 Å². The summed E-state index contributed by atoms with van der Waals surface area (Å²) in [5.41, 5.74) is 2.22. The Labute approximate surface area is 105 Å². The van der Waals surface area contributed by atoms with Gasteiger partial charge in [-0.25, -0.2) is 0 Å². The Kier molecular flexibility index (Phi) is 6.82. The summed E-state index contributed by atoms with van der Waals surface area (Å²) in [5.74, 6) is 6.46. The number of hydrogen-bond donors (Lipinski definition) is 0. The molecule has 90 valence electrons. The Balaban J connectivity index is 2.72.